The summed E-state index contributed by atoms with van der Waals surface area (Å²) in [5, 5.41) is 78.3. The number of pyridine rings is 1. The van der Waals surface area contributed by atoms with Crippen LogP contribution in [0.25, 0.3) is 37.7 Å². The van der Waals surface area contributed by atoms with Gasteiger partial charge in [-0.05, 0) is 85.0 Å². The second kappa shape index (κ2) is 28.1. The Morgan fingerprint density at radius 3 is 1.84 bits per heavy atom. The smallest absolute Gasteiger partial charge is 0.425 e. The van der Waals surface area contributed by atoms with Gasteiger partial charge in [-0.3, -0.25) is 27.2 Å². The first-order chi connectivity index (χ1) is 40.5. The lowest BCUT2D eigenvalue weighted by molar-refractivity contribution is 0.281. The third-order valence-electron chi connectivity index (χ3n) is 11.4. The quantitative estimate of drug-likeness (QED) is 0.0153. The normalized spacial score (nSPS) is 12.5. The van der Waals surface area contributed by atoms with E-state index >= 15 is 0 Å². The SMILES string of the molecule is CS(=O)(=O)O.Cc1c(N=Nc2cc(CO)c(N=Nc3cc(CO)c(N=Nc4nc5c(S(=O)(=O)O)cc6c(CO)cc(S(=O)(=O)O)cc6c5s4)cc3SCCCS(=O)(=O)O)cc2OCCCS(=O)(=O)O)c(O)n2c(nc3ccccc32)c1C#N.O=S(=O)=O. The zero-order chi connectivity index (χ0) is 64.6. The van der Waals surface area contributed by atoms with Crippen LogP contribution < -0.4 is 4.74 Å². The maximum Gasteiger partial charge on any atom is 0.425 e. The van der Waals surface area contributed by atoms with Crippen molar-refractivity contribution in [3.8, 4) is 17.7 Å². The summed E-state index contributed by atoms with van der Waals surface area (Å²) in [7, 11) is -25.4. The number of aliphatic hydroxyl groups is 3. The maximum absolute atomic E-state index is 12.6. The van der Waals surface area contributed by atoms with Crippen molar-refractivity contribution >= 4 is 156 Å². The molecule has 8 aromatic rings. The fourth-order valence-electron chi connectivity index (χ4n) is 7.82. The van der Waals surface area contributed by atoms with Gasteiger partial charge in [0.05, 0.1) is 81.9 Å². The van der Waals surface area contributed by atoms with Crippen molar-refractivity contribution in [3.63, 3.8) is 0 Å². The summed E-state index contributed by atoms with van der Waals surface area (Å²) in [5.74, 6) is -1.79. The van der Waals surface area contributed by atoms with E-state index in [1.54, 1.807) is 24.3 Å². The third-order valence-corrected chi connectivity index (χ3v) is 16.9. The number of nitriles is 1. The van der Waals surface area contributed by atoms with Gasteiger partial charge in [0.1, 0.15) is 33.5 Å². The first-order valence-corrected chi connectivity index (χ1v) is 34.4. The second-order valence-corrected chi connectivity index (χ2v) is 27.5. The Morgan fingerprint density at radius 1 is 0.690 bits per heavy atom. The Balaban J connectivity index is 0.00000125. The van der Waals surface area contributed by atoms with Gasteiger partial charge in [-0.15, -0.1) is 50.0 Å². The number of thioether (sulfide) groups is 1. The second-order valence-electron chi connectivity index (χ2n) is 17.6. The van der Waals surface area contributed by atoms with Gasteiger partial charge in [-0.2, -0.15) is 52.5 Å². The number of benzene rings is 5. The highest BCUT2D eigenvalue weighted by atomic mass is 32.2. The van der Waals surface area contributed by atoms with Crippen LogP contribution in [-0.2, 0) is 81.0 Å². The van der Waals surface area contributed by atoms with Gasteiger partial charge in [0, 0.05) is 33.0 Å². The minimum atomic E-state index is -5.02. The lowest BCUT2D eigenvalue weighted by atomic mass is 10.0. The van der Waals surface area contributed by atoms with E-state index in [2.05, 4.69) is 46.7 Å². The number of thiazole rings is 1. The monoisotopic (exact) mass is 1360 g/mol. The molecule has 0 aliphatic heterocycles. The minimum absolute atomic E-state index is 0.00629. The molecular weight excluding hydrogens is 1320 g/mol. The molecular formula is C46H44N10O23S8. The predicted octanol–water partition coefficient (Wildman–Crippen LogP) is 6.88. The molecule has 3 heterocycles. The number of ether oxygens (including phenoxy) is 1. The number of aromatic hydroxyl groups is 1. The highest BCUT2D eigenvalue weighted by Crippen LogP contribution is 2.45. The van der Waals surface area contributed by atoms with E-state index in [4.69, 9.17) is 21.9 Å². The van der Waals surface area contributed by atoms with Crippen molar-refractivity contribution < 1.29 is 103 Å². The van der Waals surface area contributed by atoms with Crippen LogP contribution in [0, 0.1) is 18.3 Å². The Bertz CT molecular complexity index is 4870. The van der Waals surface area contributed by atoms with Gasteiger partial charge < -0.3 is 25.2 Å². The number of hydrogen-bond acceptors (Lipinski definition) is 29. The van der Waals surface area contributed by atoms with Crippen LogP contribution in [0.1, 0.15) is 40.7 Å². The summed E-state index contributed by atoms with van der Waals surface area (Å²) >= 11 is 1.69. The summed E-state index contributed by atoms with van der Waals surface area (Å²) in [4.78, 5) is 7.57. The average Bonchev–Trinajstić information content (AvgIpc) is 1.70. The van der Waals surface area contributed by atoms with Gasteiger partial charge in [0.2, 0.25) is 11.0 Å². The first kappa shape index (κ1) is 68.6. The highest BCUT2D eigenvalue weighted by Gasteiger charge is 2.25. The summed E-state index contributed by atoms with van der Waals surface area (Å²) in [5.41, 5.74) is 0.726. The van der Waals surface area contributed by atoms with E-state index in [9.17, 15) is 86.0 Å². The number of fused-ring (bicyclic) bond motifs is 6. The Labute approximate surface area is 501 Å². The van der Waals surface area contributed by atoms with Crippen molar-refractivity contribution in [1.29, 1.82) is 5.26 Å². The number of aromatic nitrogens is 3. The Morgan fingerprint density at radius 2 is 1.25 bits per heavy atom. The third kappa shape index (κ3) is 18.3. The Hall–Kier alpha value is -7.51. The van der Waals surface area contributed by atoms with Crippen LogP contribution in [0.4, 0.5) is 33.6 Å². The molecule has 0 saturated carbocycles. The van der Waals surface area contributed by atoms with Crippen molar-refractivity contribution in [2.24, 2.45) is 30.7 Å². The average molecular weight is 1360 g/mol. The molecule has 0 bridgehead atoms. The zero-order valence-corrected chi connectivity index (χ0v) is 50.7. The minimum Gasteiger partial charge on any atom is -0.493 e. The van der Waals surface area contributed by atoms with Gasteiger partial charge in [0.15, 0.2) is 11.3 Å². The number of imidazole rings is 1. The molecule has 0 radical (unpaired) electrons. The highest BCUT2D eigenvalue weighted by molar-refractivity contribution is 7.99. The molecule has 0 unspecified atom stereocenters. The molecule has 464 valence electrons. The molecule has 0 spiro atoms. The number of rotatable bonds is 21. The molecule has 0 saturated heterocycles. The van der Waals surface area contributed by atoms with Crippen molar-refractivity contribution in [1.82, 2.24) is 14.4 Å². The fourth-order valence-corrected chi connectivity index (χ4v) is 12.2. The van der Waals surface area contributed by atoms with Crippen LogP contribution in [0.5, 0.6) is 11.6 Å². The number of para-hydroxylation sites is 2. The van der Waals surface area contributed by atoms with Crippen LogP contribution in [-0.4, -0.2) is 142 Å². The largest absolute Gasteiger partial charge is 0.493 e. The van der Waals surface area contributed by atoms with E-state index in [1.807, 2.05) is 0 Å². The molecule has 3 aromatic heterocycles. The van der Waals surface area contributed by atoms with Gasteiger partial charge in [-0.1, -0.05) is 23.5 Å². The molecule has 0 aliphatic rings. The molecule has 0 aliphatic carbocycles. The van der Waals surface area contributed by atoms with E-state index in [0.29, 0.717) is 28.6 Å². The summed E-state index contributed by atoms with van der Waals surface area (Å²) in [6, 6.07) is 17.1. The van der Waals surface area contributed by atoms with E-state index < -0.39 is 108 Å². The van der Waals surface area contributed by atoms with Crippen molar-refractivity contribution in [3.05, 3.63) is 94.5 Å². The summed E-state index contributed by atoms with van der Waals surface area (Å²) in [6.07, 6.45) is 0.435. The zero-order valence-electron chi connectivity index (χ0n) is 44.2. The molecule has 0 amide bonds. The fraction of sp³-hybridized carbons (Fsp3) is 0.239. The lowest BCUT2D eigenvalue weighted by Crippen LogP contribution is -2.08. The van der Waals surface area contributed by atoms with Gasteiger partial charge in [0.25, 0.3) is 50.6 Å². The van der Waals surface area contributed by atoms with Crippen molar-refractivity contribution in [2.75, 3.05) is 30.1 Å². The number of nitrogens with zero attached hydrogens (tertiary/aromatic N) is 10. The van der Waals surface area contributed by atoms with Gasteiger partial charge in [-0.25, -0.2) is 9.97 Å². The van der Waals surface area contributed by atoms with Gasteiger partial charge >= 0.3 is 10.6 Å². The summed E-state index contributed by atoms with van der Waals surface area (Å²) in [6.45, 7) is -1.02. The number of azo groups is 3. The number of hydrogen-bond donors (Lipinski definition) is 9. The van der Waals surface area contributed by atoms with Crippen LogP contribution >= 0.6 is 23.1 Å². The summed E-state index contributed by atoms with van der Waals surface area (Å²) < 4.78 is 193. The Kier molecular flexibility index (Phi) is 22.2. The van der Waals surface area contributed by atoms with E-state index in [0.717, 1.165) is 30.0 Å². The lowest BCUT2D eigenvalue weighted by Gasteiger charge is -2.13. The molecule has 0 fully saturated rings. The van der Waals surface area contributed by atoms with E-state index in [1.165, 1.54) is 35.6 Å². The van der Waals surface area contributed by atoms with Crippen LogP contribution in [0.2, 0.25) is 0 Å². The molecule has 41 heteroatoms. The van der Waals surface area contributed by atoms with Crippen LogP contribution in [0.15, 0.2) is 112 Å². The molecule has 8 rings (SSSR count). The predicted molar refractivity (Wildman–Crippen MR) is 309 cm³/mol. The number of aliphatic hydroxyl groups excluding tert-OH is 3. The standard InChI is InChI=1S/C45H40N10O17S6.CH4O3S.O3S/c1-23-30(19-46)43-47-31-6-2-3-7-36(31)55(43)44(59)40(23)53-51-34-13-25(21-57)32(17-37(34)72-8-4-10-75(60,61)62)49-52-35-14-26(22-58)33(18-38(35)73-9-5-11-76(63,64)65)50-54-45-48-41-39(78(69,70)71)16-28-24(20-56)12-27(77(66,67)68)15-29(28)42(41)74-45;1-5(2,3)4;1-4(2)3/h2-3,6-7,12-18,56-59H,4-5,8-11,20-22H2,1H3,(H,60,61,62)(H,63,64,65)(H,66,67,68)(H,69,70,71);1H3,(H,2,3,4);. The van der Waals surface area contributed by atoms with Crippen molar-refractivity contribution in [2.45, 2.75) is 54.3 Å². The topological polar surface area (TPSA) is 541 Å². The maximum atomic E-state index is 12.6. The molecule has 33 nitrogen and oxygen atoms in total. The first-order valence-electron chi connectivity index (χ1n) is 23.7. The van der Waals surface area contributed by atoms with E-state index in [-0.39, 0.29) is 124 Å². The molecule has 0 atom stereocenters. The molecule has 87 heavy (non-hydrogen) atoms. The van der Waals surface area contributed by atoms with Crippen LogP contribution in [0.3, 0.4) is 0 Å². The molecule has 5 aromatic carbocycles. The molecule has 9 N–H and O–H groups in total.